The Morgan fingerprint density at radius 1 is 1.06 bits per heavy atom. The fourth-order valence-corrected chi connectivity index (χ4v) is 3.71. The number of likely N-dealkylation sites (N-methyl/N-ethyl adjacent to an activating group) is 1. The van der Waals surface area contributed by atoms with Crippen LogP contribution in [-0.4, -0.2) is 48.8 Å². The van der Waals surface area contributed by atoms with Gasteiger partial charge in [0.1, 0.15) is 17.3 Å². The summed E-state index contributed by atoms with van der Waals surface area (Å²) in [7, 11) is 2.91. The second-order valence-electron chi connectivity index (χ2n) is 7.78. The van der Waals surface area contributed by atoms with E-state index in [4.69, 9.17) is 19.9 Å². The summed E-state index contributed by atoms with van der Waals surface area (Å²) < 4.78 is 16.9. The zero-order valence-electron chi connectivity index (χ0n) is 20.5. The lowest BCUT2D eigenvalue weighted by atomic mass is 10.1. The van der Waals surface area contributed by atoms with Gasteiger partial charge in [0.15, 0.2) is 12.3 Å². The van der Waals surface area contributed by atoms with E-state index in [-0.39, 0.29) is 30.2 Å². The van der Waals surface area contributed by atoms with Gasteiger partial charge in [-0.1, -0.05) is 30.3 Å². The van der Waals surface area contributed by atoms with Crippen LogP contribution in [-0.2, 0) is 16.1 Å². The predicted octanol–water partition coefficient (Wildman–Crippen LogP) is 1.70. The Balaban J connectivity index is 1.85. The van der Waals surface area contributed by atoms with Gasteiger partial charge in [-0.25, -0.2) is 9.59 Å². The van der Waals surface area contributed by atoms with E-state index in [0.29, 0.717) is 17.1 Å². The normalized spacial score (nSPS) is 10.6. The number of esters is 1. The molecule has 1 heterocycles. The van der Waals surface area contributed by atoms with Crippen LogP contribution >= 0.6 is 0 Å². The molecule has 190 valence electrons. The van der Waals surface area contributed by atoms with Crippen molar-refractivity contribution < 1.29 is 23.8 Å². The second kappa shape index (κ2) is 11.3. The van der Waals surface area contributed by atoms with E-state index in [0.717, 1.165) is 10.5 Å². The Morgan fingerprint density at radius 3 is 2.22 bits per heavy atom. The first-order valence-electron chi connectivity index (χ1n) is 11.1. The van der Waals surface area contributed by atoms with Gasteiger partial charge in [0.2, 0.25) is 0 Å². The van der Waals surface area contributed by atoms with E-state index in [1.54, 1.807) is 38.1 Å². The highest BCUT2D eigenvalue weighted by Crippen LogP contribution is 2.29. The Hall–Kier alpha value is -4.54. The van der Waals surface area contributed by atoms with Crippen LogP contribution in [0.3, 0.4) is 0 Å². The van der Waals surface area contributed by atoms with Gasteiger partial charge in [0.05, 0.1) is 26.3 Å². The van der Waals surface area contributed by atoms with Crippen molar-refractivity contribution in [3.63, 3.8) is 0 Å². The van der Waals surface area contributed by atoms with E-state index in [2.05, 4.69) is 4.98 Å². The van der Waals surface area contributed by atoms with Gasteiger partial charge in [0, 0.05) is 12.1 Å². The number of rotatable bonds is 9. The molecule has 0 aliphatic carbocycles. The van der Waals surface area contributed by atoms with Crippen LogP contribution < -0.4 is 31.4 Å². The van der Waals surface area contributed by atoms with Crippen LogP contribution in [0.15, 0.2) is 52.1 Å². The van der Waals surface area contributed by atoms with E-state index >= 15 is 0 Å². The Morgan fingerprint density at radius 2 is 1.67 bits per heavy atom. The van der Waals surface area contributed by atoms with Crippen molar-refractivity contribution >= 4 is 23.4 Å². The number of anilines is 2. The summed E-state index contributed by atoms with van der Waals surface area (Å²) in [6, 6.07) is 12.0. The van der Waals surface area contributed by atoms with Crippen LogP contribution in [0, 0.1) is 6.92 Å². The van der Waals surface area contributed by atoms with Gasteiger partial charge in [0.25, 0.3) is 11.5 Å². The molecule has 0 spiro atoms. The maximum Gasteiger partial charge on any atom is 0.338 e. The Labute approximate surface area is 207 Å². The van der Waals surface area contributed by atoms with Gasteiger partial charge in [-0.2, -0.15) is 0 Å². The largest absolute Gasteiger partial charge is 0.496 e. The Kier molecular flexibility index (Phi) is 8.15. The quantitative estimate of drug-likeness (QED) is 0.426. The smallest absolute Gasteiger partial charge is 0.338 e. The van der Waals surface area contributed by atoms with Crippen LogP contribution in [0.5, 0.6) is 11.5 Å². The number of carbonyl (C=O) groups excluding carboxylic acids is 2. The molecule has 11 nitrogen and oxygen atoms in total. The van der Waals surface area contributed by atoms with Gasteiger partial charge in [-0.3, -0.25) is 19.1 Å². The maximum absolute atomic E-state index is 13.0. The summed E-state index contributed by atoms with van der Waals surface area (Å²) in [5, 5.41) is 0. The number of amides is 1. The number of aromatic nitrogens is 2. The molecule has 0 aliphatic heterocycles. The standard InChI is InChI=1S/C25H28N4O7/c1-5-28(20(30)14-36-24(32)17-11-18(34-3)15(2)19(12-17)35-4)21-22(26)29(25(33)27-23(21)31)13-16-9-7-6-8-10-16/h6-12H,5,13-14,26H2,1-4H3,(H,27,31,33). The van der Waals surface area contributed by atoms with Crippen molar-refractivity contribution in [1.29, 1.82) is 0 Å². The van der Waals surface area contributed by atoms with Crippen LogP contribution in [0.25, 0.3) is 0 Å². The van der Waals surface area contributed by atoms with Crippen LogP contribution in [0.4, 0.5) is 11.5 Å². The second-order valence-corrected chi connectivity index (χ2v) is 7.78. The average molecular weight is 497 g/mol. The average Bonchev–Trinajstić information content (AvgIpc) is 2.88. The number of aromatic amines is 1. The first-order chi connectivity index (χ1) is 17.2. The predicted molar refractivity (Wildman–Crippen MR) is 134 cm³/mol. The molecule has 0 saturated carbocycles. The number of hydrogen-bond acceptors (Lipinski definition) is 8. The van der Waals surface area contributed by atoms with Crippen molar-refractivity contribution in [2.24, 2.45) is 0 Å². The molecule has 2 aromatic carbocycles. The molecule has 0 radical (unpaired) electrons. The SMILES string of the molecule is CCN(C(=O)COC(=O)c1cc(OC)c(C)c(OC)c1)c1c(N)n(Cc2ccccc2)c(=O)[nH]c1=O. The van der Waals surface area contributed by atoms with E-state index in [1.807, 2.05) is 6.07 Å². The molecule has 3 rings (SSSR count). The molecule has 0 fully saturated rings. The molecule has 3 N–H and O–H groups in total. The van der Waals surface area contributed by atoms with Crippen LogP contribution in [0.2, 0.25) is 0 Å². The zero-order valence-corrected chi connectivity index (χ0v) is 20.5. The molecule has 0 aliphatic rings. The molecule has 0 bridgehead atoms. The van der Waals surface area contributed by atoms with E-state index in [9.17, 15) is 19.2 Å². The highest BCUT2D eigenvalue weighted by atomic mass is 16.5. The molecule has 1 amide bonds. The molecule has 0 saturated heterocycles. The van der Waals surface area contributed by atoms with Crippen molar-refractivity contribution in [3.8, 4) is 11.5 Å². The van der Waals surface area contributed by atoms with Crippen molar-refractivity contribution in [2.45, 2.75) is 20.4 Å². The summed E-state index contributed by atoms with van der Waals surface area (Å²) >= 11 is 0. The first kappa shape index (κ1) is 26.1. The van der Waals surface area contributed by atoms with E-state index in [1.165, 1.54) is 30.9 Å². The van der Waals surface area contributed by atoms with Crippen molar-refractivity contribution in [1.82, 2.24) is 9.55 Å². The summed E-state index contributed by atoms with van der Waals surface area (Å²) in [4.78, 5) is 53.9. The minimum Gasteiger partial charge on any atom is -0.496 e. The fraction of sp³-hybridized carbons (Fsp3) is 0.280. The summed E-state index contributed by atoms with van der Waals surface area (Å²) in [6.07, 6.45) is 0. The minimum atomic E-state index is -0.823. The van der Waals surface area contributed by atoms with Gasteiger partial charge < -0.3 is 24.8 Å². The third-order valence-corrected chi connectivity index (χ3v) is 5.60. The molecule has 1 aromatic heterocycles. The molecule has 0 atom stereocenters. The van der Waals surface area contributed by atoms with Crippen molar-refractivity contribution in [2.75, 3.05) is 38.0 Å². The monoisotopic (exact) mass is 496 g/mol. The number of nitrogens with one attached hydrogen (secondary N) is 1. The lowest BCUT2D eigenvalue weighted by molar-refractivity contribution is -0.121. The molecule has 3 aromatic rings. The summed E-state index contributed by atoms with van der Waals surface area (Å²) in [5.41, 5.74) is 6.05. The zero-order chi connectivity index (χ0) is 26.4. The number of nitrogens with two attached hydrogens (primary N) is 1. The number of benzene rings is 2. The first-order valence-corrected chi connectivity index (χ1v) is 11.1. The number of carbonyl (C=O) groups is 2. The molecule has 11 heteroatoms. The van der Waals surface area contributed by atoms with Crippen molar-refractivity contribution in [3.05, 3.63) is 80.0 Å². The highest BCUT2D eigenvalue weighted by Gasteiger charge is 2.25. The number of methoxy groups -OCH3 is 2. The fourth-order valence-electron chi connectivity index (χ4n) is 3.71. The lowest BCUT2D eigenvalue weighted by Gasteiger charge is -2.23. The van der Waals surface area contributed by atoms with Gasteiger partial charge >= 0.3 is 11.7 Å². The number of hydrogen-bond donors (Lipinski definition) is 2. The number of nitrogens with zero attached hydrogens (tertiary/aromatic N) is 2. The van der Waals surface area contributed by atoms with E-state index < -0.39 is 29.7 Å². The topological polar surface area (TPSA) is 146 Å². The van der Waals surface area contributed by atoms with Crippen LogP contribution in [0.1, 0.15) is 28.4 Å². The molecule has 36 heavy (non-hydrogen) atoms. The Bertz CT molecular complexity index is 1350. The third-order valence-electron chi connectivity index (χ3n) is 5.60. The lowest BCUT2D eigenvalue weighted by Crippen LogP contribution is -2.42. The summed E-state index contributed by atoms with van der Waals surface area (Å²) in [5.74, 6) is -0.821. The molecular formula is C25H28N4O7. The number of nitrogen functional groups attached to an aromatic ring is 1. The van der Waals surface area contributed by atoms with Gasteiger partial charge in [-0.15, -0.1) is 0 Å². The highest BCUT2D eigenvalue weighted by molar-refractivity contribution is 5.98. The number of H-pyrrole nitrogens is 1. The minimum absolute atomic E-state index is 0.0411. The molecular weight excluding hydrogens is 468 g/mol. The maximum atomic E-state index is 13.0. The molecule has 0 unspecified atom stereocenters. The van der Waals surface area contributed by atoms with Gasteiger partial charge in [-0.05, 0) is 31.5 Å². The third kappa shape index (κ3) is 5.40. The number of ether oxygens (including phenoxy) is 3. The summed E-state index contributed by atoms with van der Waals surface area (Å²) in [6.45, 7) is 2.86.